The molecular formula is C24H32N2O4S. The zero-order chi connectivity index (χ0) is 22.6. The average molecular weight is 445 g/mol. The monoisotopic (exact) mass is 444 g/mol. The van der Waals surface area contributed by atoms with Crippen LogP contribution in [0.4, 0.5) is 4.79 Å². The molecule has 31 heavy (non-hydrogen) atoms. The fraction of sp³-hybridized carbons (Fsp3) is 0.458. The van der Waals surface area contributed by atoms with Crippen LogP contribution in [0, 0.1) is 6.92 Å². The summed E-state index contributed by atoms with van der Waals surface area (Å²) in [6.07, 6.45) is 0.311. The van der Waals surface area contributed by atoms with Crippen LogP contribution in [0.25, 0.3) is 0 Å². The molecule has 0 spiro atoms. The number of methoxy groups -OCH3 is 1. The highest BCUT2D eigenvalue weighted by Crippen LogP contribution is 2.38. The number of benzene rings is 2. The number of hydrogen-bond donors (Lipinski definition) is 1. The van der Waals surface area contributed by atoms with Gasteiger partial charge in [-0.3, -0.25) is 4.90 Å². The van der Waals surface area contributed by atoms with Gasteiger partial charge >= 0.3 is 6.09 Å². The lowest BCUT2D eigenvalue weighted by atomic mass is 9.96. The summed E-state index contributed by atoms with van der Waals surface area (Å²) in [5, 5.41) is 0. The van der Waals surface area contributed by atoms with E-state index in [4.69, 9.17) is 9.47 Å². The van der Waals surface area contributed by atoms with Crippen molar-refractivity contribution in [1.82, 2.24) is 9.62 Å². The molecule has 1 aliphatic rings. The van der Waals surface area contributed by atoms with Crippen LogP contribution in [0.15, 0.2) is 48.5 Å². The fourth-order valence-corrected chi connectivity index (χ4v) is 4.67. The van der Waals surface area contributed by atoms with Crippen LogP contribution in [0.1, 0.15) is 49.9 Å². The summed E-state index contributed by atoms with van der Waals surface area (Å²) >= 11 is 0. The Morgan fingerprint density at radius 1 is 1.16 bits per heavy atom. The van der Waals surface area contributed by atoms with Crippen molar-refractivity contribution in [3.63, 3.8) is 0 Å². The maximum Gasteiger partial charge on any atom is 0.410 e. The minimum atomic E-state index is -1.26. The Hall–Kier alpha value is -2.38. The molecule has 0 aliphatic carbocycles. The van der Waals surface area contributed by atoms with Crippen molar-refractivity contribution >= 4 is 17.1 Å². The van der Waals surface area contributed by atoms with Gasteiger partial charge in [0.15, 0.2) is 0 Å². The van der Waals surface area contributed by atoms with E-state index in [1.165, 1.54) is 0 Å². The van der Waals surface area contributed by atoms with Gasteiger partial charge in [-0.05, 0) is 56.9 Å². The summed E-state index contributed by atoms with van der Waals surface area (Å²) in [4.78, 5) is 14.8. The minimum absolute atomic E-state index is 0.157. The maximum absolute atomic E-state index is 13.1. The Bertz CT molecular complexity index is 927. The van der Waals surface area contributed by atoms with Crippen molar-refractivity contribution in [1.29, 1.82) is 0 Å². The van der Waals surface area contributed by atoms with Gasteiger partial charge < -0.3 is 9.47 Å². The molecule has 1 amide bonds. The lowest BCUT2D eigenvalue weighted by Gasteiger charge is -2.31. The largest absolute Gasteiger partial charge is 0.496 e. The van der Waals surface area contributed by atoms with Crippen LogP contribution >= 0.6 is 0 Å². The van der Waals surface area contributed by atoms with Gasteiger partial charge in [0.1, 0.15) is 12.4 Å². The van der Waals surface area contributed by atoms with E-state index in [1.54, 1.807) is 12.0 Å². The highest BCUT2D eigenvalue weighted by atomic mass is 32.2. The zero-order valence-corrected chi connectivity index (χ0v) is 19.7. The second kappa shape index (κ2) is 9.83. The van der Waals surface area contributed by atoms with Gasteiger partial charge in [-0.2, -0.15) is 0 Å². The third kappa shape index (κ3) is 5.46. The first-order valence-electron chi connectivity index (χ1n) is 10.5. The number of carbonyl (C=O) groups is 1. The van der Waals surface area contributed by atoms with Crippen molar-refractivity contribution in [2.75, 3.05) is 13.7 Å². The molecule has 1 saturated heterocycles. The van der Waals surface area contributed by atoms with E-state index < -0.39 is 15.7 Å². The Labute approximate surface area is 187 Å². The first-order valence-corrected chi connectivity index (χ1v) is 11.7. The molecule has 3 rings (SSSR count). The maximum atomic E-state index is 13.1. The lowest BCUT2D eigenvalue weighted by molar-refractivity contribution is 0.0903. The molecule has 0 aromatic heterocycles. The van der Waals surface area contributed by atoms with Crippen molar-refractivity contribution in [3.05, 3.63) is 65.2 Å². The van der Waals surface area contributed by atoms with E-state index in [0.717, 1.165) is 22.4 Å². The van der Waals surface area contributed by atoms with Gasteiger partial charge in [0.2, 0.25) is 0 Å². The Balaban J connectivity index is 1.87. The van der Waals surface area contributed by atoms with Gasteiger partial charge in [0, 0.05) is 12.6 Å². The second-order valence-electron chi connectivity index (χ2n) is 8.75. The molecule has 168 valence electrons. The quantitative estimate of drug-likeness (QED) is 0.712. The van der Waals surface area contributed by atoms with Crippen LogP contribution in [-0.4, -0.2) is 39.6 Å². The SMILES string of the molecule is COc1cccc([C@@H]2[C@H](NS(=O)C(C)(C)C)CCN2C(=O)OCc2ccccc2)c1C. The molecule has 1 aliphatic heterocycles. The summed E-state index contributed by atoms with van der Waals surface area (Å²) in [5.74, 6) is 0.762. The predicted octanol–water partition coefficient (Wildman–Crippen LogP) is 4.51. The number of ether oxygens (including phenoxy) is 2. The molecule has 2 aromatic carbocycles. The molecule has 1 unspecified atom stereocenters. The predicted molar refractivity (Wildman–Crippen MR) is 123 cm³/mol. The van der Waals surface area contributed by atoms with Crippen molar-refractivity contribution in [2.45, 2.75) is 57.6 Å². The van der Waals surface area contributed by atoms with Crippen molar-refractivity contribution < 1.29 is 18.5 Å². The molecule has 0 radical (unpaired) electrons. The van der Waals surface area contributed by atoms with Gasteiger partial charge in [-0.1, -0.05) is 42.5 Å². The van der Waals surface area contributed by atoms with E-state index in [2.05, 4.69) is 4.72 Å². The van der Waals surface area contributed by atoms with Crippen LogP contribution in [0.2, 0.25) is 0 Å². The highest BCUT2D eigenvalue weighted by Gasteiger charge is 2.41. The molecule has 1 heterocycles. The summed E-state index contributed by atoms with van der Waals surface area (Å²) in [7, 11) is 0.379. The average Bonchev–Trinajstić information content (AvgIpc) is 3.15. The van der Waals surface area contributed by atoms with E-state index in [9.17, 15) is 9.00 Å². The normalized spacial score (nSPS) is 19.8. The first kappa shape index (κ1) is 23.3. The minimum Gasteiger partial charge on any atom is -0.496 e. The van der Waals surface area contributed by atoms with E-state index >= 15 is 0 Å². The van der Waals surface area contributed by atoms with E-state index in [-0.39, 0.29) is 24.8 Å². The summed E-state index contributed by atoms with van der Waals surface area (Å²) in [6, 6.07) is 15.0. The van der Waals surface area contributed by atoms with Crippen LogP contribution in [-0.2, 0) is 22.3 Å². The molecule has 1 fully saturated rings. The van der Waals surface area contributed by atoms with Gasteiger partial charge in [0.05, 0.1) is 28.9 Å². The number of hydrogen-bond acceptors (Lipinski definition) is 4. The Morgan fingerprint density at radius 2 is 1.87 bits per heavy atom. The standard InChI is InChI=1S/C24H32N2O4S/c1-17-19(12-9-13-21(17)29-5)22-20(25-31(28)24(2,3)4)14-15-26(22)23(27)30-16-18-10-7-6-8-11-18/h6-13,20,22,25H,14-16H2,1-5H3/t20-,22-,31?/m1/s1. The zero-order valence-electron chi connectivity index (χ0n) is 18.9. The number of amides is 1. The molecule has 0 bridgehead atoms. The third-order valence-electron chi connectivity index (χ3n) is 5.52. The van der Waals surface area contributed by atoms with Gasteiger partial charge in [0.25, 0.3) is 0 Å². The van der Waals surface area contributed by atoms with Crippen LogP contribution in [0.5, 0.6) is 5.75 Å². The second-order valence-corrected chi connectivity index (χ2v) is 10.7. The van der Waals surface area contributed by atoms with Crippen LogP contribution < -0.4 is 9.46 Å². The molecular weight excluding hydrogens is 412 g/mol. The van der Waals surface area contributed by atoms with E-state index in [1.807, 2.05) is 76.2 Å². The smallest absolute Gasteiger partial charge is 0.410 e. The van der Waals surface area contributed by atoms with Gasteiger partial charge in [-0.25, -0.2) is 13.7 Å². The first-order chi connectivity index (χ1) is 14.7. The third-order valence-corrected chi connectivity index (χ3v) is 7.15. The number of nitrogens with one attached hydrogen (secondary N) is 1. The summed E-state index contributed by atoms with van der Waals surface area (Å²) in [5.41, 5.74) is 2.87. The number of carbonyl (C=O) groups excluding carboxylic acids is 1. The number of rotatable bonds is 6. The molecule has 0 saturated carbocycles. The molecule has 2 aromatic rings. The summed E-state index contributed by atoms with van der Waals surface area (Å²) in [6.45, 7) is 8.52. The molecule has 3 atom stereocenters. The Morgan fingerprint density at radius 3 is 2.52 bits per heavy atom. The molecule has 1 N–H and O–H groups in total. The Kier molecular flexibility index (Phi) is 7.38. The lowest BCUT2D eigenvalue weighted by Crippen LogP contribution is -2.44. The van der Waals surface area contributed by atoms with Crippen molar-refractivity contribution in [2.24, 2.45) is 0 Å². The highest BCUT2D eigenvalue weighted by molar-refractivity contribution is 7.84. The van der Waals surface area contributed by atoms with E-state index in [0.29, 0.717) is 13.0 Å². The fourth-order valence-electron chi connectivity index (χ4n) is 3.79. The number of likely N-dealkylation sites (tertiary alicyclic amines) is 1. The summed E-state index contributed by atoms with van der Waals surface area (Å²) < 4.78 is 26.8. The van der Waals surface area contributed by atoms with Gasteiger partial charge in [-0.15, -0.1) is 0 Å². The van der Waals surface area contributed by atoms with Crippen molar-refractivity contribution in [3.8, 4) is 5.75 Å². The van der Waals surface area contributed by atoms with Crippen LogP contribution in [0.3, 0.4) is 0 Å². The molecule has 7 heteroatoms. The topological polar surface area (TPSA) is 67.9 Å². The molecule has 6 nitrogen and oxygen atoms in total. The number of nitrogens with zero attached hydrogens (tertiary/aromatic N) is 1.